The molecule has 1 aliphatic rings. The summed E-state index contributed by atoms with van der Waals surface area (Å²) in [5, 5.41) is 12.0. The summed E-state index contributed by atoms with van der Waals surface area (Å²) < 4.78 is 29.4. The largest absolute Gasteiger partial charge is 0.475 e. The van der Waals surface area contributed by atoms with Gasteiger partial charge in [0.2, 0.25) is 15.8 Å². The molecule has 2 heterocycles. The highest BCUT2D eigenvalue weighted by Gasteiger charge is 2.24. The Morgan fingerprint density at radius 1 is 1.45 bits per heavy atom. The summed E-state index contributed by atoms with van der Waals surface area (Å²) in [6.07, 6.45) is 2.69. The molecule has 1 aromatic rings. The van der Waals surface area contributed by atoms with Crippen molar-refractivity contribution < 1.29 is 22.7 Å². The van der Waals surface area contributed by atoms with Gasteiger partial charge in [-0.15, -0.1) is 0 Å². The van der Waals surface area contributed by atoms with Crippen LogP contribution in [0.15, 0.2) is 16.5 Å². The summed E-state index contributed by atoms with van der Waals surface area (Å²) >= 11 is 0. The molecular formula is C12H18N2O5S. The van der Waals surface area contributed by atoms with Crippen LogP contribution in [0.3, 0.4) is 0 Å². The summed E-state index contributed by atoms with van der Waals surface area (Å²) in [5.74, 6) is -0.598. The van der Waals surface area contributed by atoms with Crippen molar-refractivity contribution in [3.05, 3.63) is 23.7 Å². The molecule has 0 spiro atoms. The maximum atomic E-state index is 11.4. The van der Waals surface area contributed by atoms with Crippen molar-refractivity contribution >= 4 is 16.0 Å². The van der Waals surface area contributed by atoms with Crippen LogP contribution >= 0.6 is 0 Å². The van der Waals surface area contributed by atoms with Gasteiger partial charge >= 0.3 is 5.97 Å². The second-order valence-electron chi connectivity index (χ2n) is 4.89. The number of aromatic carboxylic acids is 1. The third-order valence-corrected chi connectivity index (χ3v) is 4.66. The van der Waals surface area contributed by atoms with E-state index in [-0.39, 0.29) is 11.8 Å². The predicted octanol–water partition coefficient (Wildman–Crippen LogP) is 0.491. The molecule has 1 aliphatic heterocycles. The van der Waals surface area contributed by atoms with Crippen LogP contribution in [0, 0.1) is 0 Å². The summed E-state index contributed by atoms with van der Waals surface area (Å²) in [5.41, 5.74) is 0. The zero-order valence-electron chi connectivity index (χ0n) is 11.2. The van der Waals surface area contributed by atoms with E-state index in [1.807, 2.05) is 0 Å². The molecule has 0 bridgehead atoms. The number of carboxylic acids is 1. The van der Waals surface area contributed by atoms with Gasteiger partial charge in [-0.05, 0) is 25.0 Å². The number of hydrogen-bond acceptors (Lipinski definition) is 5. The first kappa shape index (κ1) is 15.0. The van der Waals surface area contributed by atoms with Gasteiger partial charge in [0.15, 0.2) is 0 Å². The maximum absolute atomic E-state index is 11.4. The standard InChI is InChI=1S/C12H18N2O5S/c1-20(17,18)14-6-4-9(5-7-14)13-8-10-2-3-11(19-10)12(15)16/h2-3,9,13H,4-8H2,1H3,(H,15,16). The van der Waals surface area contributed by atoms with E-state index in [9.17, 15) is 13.2 Å². The Bertz CT molecular complexity index is 572. The van der Waals surface area contributed by atoms with E-state index in [2.05, 4.69) is 5.32 Å². The van der Waals surface area contributed by atoms with Crippen molar-refractivity contribution in [3.8, 4) is 0 Å². The van der Waals surface area contributed by atoms with Gasteiger partial charge < -0.3 is 14.8 Å². The quantitative estimate of drug-likeness (QED) is 0.821. The fourth-order valence-corrected chi connectivity index (χ4v) is 3.10. The Morgan fingerprint density at radius 2 is 2.10 bits per heavy atom. The molecule has 0 atom stereocenters. The number of carbonyl (C=O) groups is 1. The van der Waals surface area contributed by atoms with Crippen molar-refractivity contribution in [2.75, 3.05) is 19.3 Å². The van der Waals surface area contributed by atoms with E-state index in [4.69, 9.17) is 9.52 Å². The average Bonchev–Trinajstić information content (AvgIpc) is 2.85. The molecule has 1 aromatic heterocycles. The monoisotopic (exact) mass is 302 g/mol. The van der Waals surface area contributed by atoms with E-state index in [0.717, 1.165) is 12.8 Å². The van der Waals surface area contributed by atoms with Gasteiger partial charge in [-0.3, -0.25) is 0 Å². The second-order valence-corrected chi connectivity index (χ2v) is 6.87. The van der Waals surface area contributed by atoms with E-state index < -0.39 is 16.0 Å². The van der Waals surface area contributed by atoms with Crippen LogP contribution in [-0.2, 0) is 16.6 Å². The van der Waals surface area contributed by atoms with Crippen LogP contribution < -0.4 is 5.32 Å². The predicted molar refractivity (Wildman–Crippen MR) is 71.9 cm³/mol. The molecule has 0 unspecified atom stereocenters. The zero-order valence-corrected chi connectivity index (χ0v) is 12.0. The third-order valence-electron chi connectivity index (χ3n) is 3.36. The molecule has 112 valence electrons. The minimum absolute atomic E-state index is 0.0753. The van der Waals surface area contributed by atoms with Crippen molar-refractivity contribution in [1.82, 2.24) is 9.62 Å². The highest BCUT2D eigenvalue weighted by molar-refractivity contribution is 7.88. The lowest BCUT2D eigenvalue weighted by molar-refractivity contribution is 0.0660. The van der Waals surface area contributed by atoms with E-state index in [0.29, 0.717) is 25.4 Å². The summed E-state index contributed by atoms with van der Waals surface area (Å²) in [6, 6.07) is 3.26. The van der Waals surface area contributed by atoms with Gasteiger partial charge in [-0.25, -0.2) is 17.5 Å². The average molecular weight is 302 g/mol. The number of nitrogens with zero attached hydrogens (tertiary/aromatic N) is 1. The number of furan rings is 1. The zero-order chi connectivity index (χ0) is 14.8. The minimum atomic E-state index is -3.10. The first-order valence-electron chi connectivity index (χ1n) is 6.37. The summed E-state index contributed by atoms with van der Waals surface area (Å²) in [7, 11) is -3.10. The van der Waals surface area contributed by atoms with Crippen molar-refractivity contribution in [1.29, 1.82) is 0 Å². The van der Waals surface area contributed by atoms with Crippen molar-refractivity contribution in [3.63, 3.8) is 0 Å². The van der Waals surface area contributed by atoms with Crippen LogP contribution in [0.5, 0.6) is 0 Å². The second kappa shape index (κ2) is 5.94. The Balaban J connectivity index is 1.80. The molecule has 0 saturated carbocycles. The van der Waals surface area contributed by atoms with Crippen molar-refractivity contribution in [2.24, 2.45) is 0 Å². The SMILES string of the molecule is CS(=O)(=O)N1CCC(NCc2ccc(C(=O)O)o2)CC1. The molecule has 2 N–H and O–H groups in total. The lowest BCUT2D eigenvalue weighted by Crippen LogP contribution is -2.44. The molecule has 7 nitrogen and oxygen atoms in total. The number of piperidine rings is 1. The molecule has 0 radical (unpaired) electrons. The normalized spacial score (nSPS) is 18.2. The fourth-order valence-electron chi connectivity index (χ4n) is 2.22. The number of nitrogens with one attached hydrogen (secondary N) is 1. The molecule has 8 heteroatoms. The number of hydrogen-bond donors (Lipinski definition) is 2. The fraction of sp³-hybridized carbons (Fsp3) is 0.583. The van der Waals surface area contributed by atoms with Crippen molar-refractivity contribution in [2.45, 2.75) is 25.4 Å². The third kappa shape index (κ3) is 3.81. The Labute approximate surface area is 117 Å². The lowest BCUT2D eigenvalue weighted by Gasteiger charge is -2.30. The maximum Gasteiger partial charge on any atom is 0.371 e. The molecule has 0 aromatic carbocycles. The van der Waals surface area contributed by atoms with Gasteiger partial charge in [-0.2, -0.15) is 0 Å². The van der Waals surface area contributed by atoms with E-state index in [1.54, 1.807) is 6.07 Å². The molecule has 2 rings (SSSR count). The summed E-state index contributed by atoms with van der Waals surface area (Å²) in [6.45, 7) is 1.46. The Kier molecular flexibility index (Phi) is 4.46. The van der Waals surface area contributed by atoms with Crippen LogP contribution in [0.2, 0.25) is 0 Å². The lowest BCUT2D eigenvalue weighted by atomic mass is 10.1. The highest BCUT2D eigenvalue weighted by atomic mass is 32.2. The number of sulfonamides is 1. The molecule has 1 fully saturated rings. The van der Waals surface area contributed by atoms with Gasteiger partial charge in [0.25, 0.3) is 0 Å². The highest BCUT2D eigenvalue weighted by Crippen LogP contribution is 2.14. The Morgan fingerprint density at radius 3 is 2.60 bits per heavy atom. The Hall–Kier alpha value is -1.38. The van der Waals surface area contributed by atoms with Gasteiger partial charge in [0.1, 0.15) is 5.76 Å². The van der Waals surface area contributed by atoms with E-state index in [1.165, 1.54) is 16.6 Å². The molecule has 0 amide bonds. The molecule has 1 saturated heterocycles. The van der Waals surface area contributed by atoms with E-state index >= 15 is 0 Å². The molecule has 0 aliphatic carbocycles. The molecule has 20 heavy (non-hydrogen) atoms. The van der Waals surface area contributed by atoms with Crippen LogP contribution in [0.4, 0.5) is 0 Å². The van der Waals surface area contributed by atoms with Gasteiger partial charge in [0.05, 0.1) is 12.8 Å². The van der Waals surface area contributed by atoms with Gasteiger partial charge in [-0.1, -0.05) is 0 Å². The first-order chi connectivity index (χ1) is 9.36. The smallest absolute Gasteiger partial charge is 0.371 e. The number of carboxylic acid groups (broad SMARTS) is 1. The molecular weight excluding hydrogens is 284 g/mol. The van der Waals surface area contributed by atoms with Crippen LogP contribution in [0.1, 0.15) is 29.2 Å². The minimum Gasteiger partial charge on any atom is -0.475 e. The first-order valence-corrected chi connectivity index (χ1v) is 8.21. The van der Waals surface area contributed by atoms with Crippen LogP contribution in [-0.4, -0.2) is 49.2 Å². The topological polar surface area (TPSA) is 99.9 Å². The van der Waals surface area contributed by atoms with Gasteiger partial charge in [0, 0.05) is 19.1 Å². The number of rotatable bonds is 5. The van der Waals surface area contributed by atoms with Crippen LogP contribution in [0.25, 0.3) is 0 Å². The summed E-state index contributed by atoms with van der Waals surface area (Å²) in [4.78, 5) is 10.7.